The fourth-order valence-corrected chi connectivity index (χ4v) is 4.88. The topological polar surface area (TPSA) is 142 Å². The Morgan fingerprint density at radius 2 is 2.09 bits per heavy atom. The third kappa shape index (κ3) is 4.61. The van der Waals surface area contributed by atoms with Gasteiger partial charge in [0.25, 0.3) is 5.56 Å². The highest BCUT2D eigenvalue weighted by Crippen LogP contribution is 2.30. The average molecular weight is 490 g/mol. The molecule has 170 valence electrons. The van der Waals surface area contributed by atoms with Gasteiger partial charge in [0.15, 0.2) is 0 Å². The van der Waals surface area contributed by atoms with Gasteiger partial charge in [-0.1, -0.05) is 17.8 Å². The predicted octanol–water partition coefficient (Wildman–Crippen LogP) is 1.89. The van der Waals surface area contributed by atoms with Gasteiger partial charge in [-0.05, 0) is 28.6 Å². The van der Waals surface area contributed by atoms with Gasteiger partial charge in [0.05, 0.1) is 37.5 Å². The van der Waals surface area contributed by atoms with Crippen LogP contribution in [0.4, 0.5) is 4.39 Å². The van der Waals surface area contributed by atoms with Crippen molar-refractivity contribution in [1.82, 2.24) is 30.2 Å². The monoisotopic (exact) mass is 490 g/mol. The lowest BCUT2D eigenvalue weighted by atomic mass is 10.1. The van der Waals surface area contributed by atoms with Gasteiger partial charge in [0.1, 0.15) is 21.3 Å². The van der Waals surface area contributed by atoms with Crippen molar-refractivity contribution in [1.29, 1.82) is 0 Å². The van der Waals surface area contributed by atoms with E-state index in [0.29, 0.717) is 16.7 Å². The molecule has 1 aromatic carbocycles. The molecular formula is C19H15FN6O5S2. The van der Waals surface area contributed by atoms with Gasteiger partial charge in [-0.2, -0.15) is 4.68 Å². The lowest BCUT2D eigenvalue weighted by molar-refractivity contribution is -0.139. The lowest BCUT2D eigenvalue weighted by Crippen LogP contribution is -2.15. The van der Waals surface area contributed by atoms with Crippen LogP contribution >= 0.6 is 23.1 Å². The van der Waals surface area contributed by atoms with Gasteiger partial charge in [-0.3, -0.25) is 9.59 Å². The van der Waals surface area contributed by atoms with Crippen LogP contribution in [0.25, 0.3) is 15.9 Å². The van der Waals surface area contributed by atoms with E-state index in [-0.39, 0.29) is 32.8 Å². The Hall–Kier alpha value is -3.65. The molecule has 3 aromatic heterocycles. The first kappa shape index (κ1) is 22.5. The van der Waals surface area contributed by atoms with E-state index in [4.69, 9.17) is 4.74 Å². The Morgan fingerprint density at radius 3 is 2.82 bits per heavy atom. The average Bonchev–Trinajstić information content (AvgIpc) is 3.42. The van der Waals surface area contributed by atoms with Crippen LogP contribution in [0.5, 0.6) is 0 Å². The Kier molecular flexibility index (Phi) is 6.46. The summed E-state index contributed by atoms with van der Waals surface area (Å²) < 4.78 is 24.4. The molecule has 0 aliphatic heterocycles. The zero-order valence-corrected chi connectivity index (χ0v) is 18.8. The minimum atomic E-state index is -0.679. The first-order valence-electron chi connectivity index (χ1n) is 9.28. The highest BCUT2D eigenvalue weighted by molar-refractivity contribution is 7.98. The van der Waals surface area contributed by atoms with Crippen molar-refractivity contribution in [2.24, 2.45) is 0 Å². The molecule has 0 radical (unpaired) electrons. The number of thiophene rings is 1. The Bertz CT molecular complexity index is 1420. The minimum Gasteiger partial charge on any atom is -0.469 e. The second-order valence-electron chi connectivity index (χ2n) is 6.49. The van der Waals surface area contributed by atoms with E-state index in [1.165, 1.54) is 48.9 Å². The molecule has 33 heavy (non-hydrogen) atoms. The van der Waals surface area contributed by atoms with Crippen molar-refractivity contribution in [3.05, 3.63) is 56.7 Å². The maximum absolute atomic E-state index is 13.6. The number of fused-ring (bicyclic) bond motifs is 1. The number of tetrazole rings is 1. The van der Waals surface area contributed by atoms with Crippen molar-refractivity contribution >= 4 is 45.3 Å². The largest absolute Gasteiger partial charge is 0.469 e. The molecule has 3 heterocycles. The highest BCUT2D eigenvalue weighted by Gasteiger charge is 2.25. The van der Waals surface area contributed by atoms with E-state index in [1.807, 2.05) is 0 Å². The number of benzene rings is 1. The van der Waals surface area contributed by atoms with E-state index in [0.717, 1.165) is 11.3 Å². The number of hydrogen-bond acceptors (Lipinski definition) is 11. The zero-order valence-electron chi connectivity index (χ0n) is 17.2. The van der Waals surface area contributed by atoms with Crippen molar-refractivity contribution in [2.75, 3.05) is 14.2 Å². The molecule has 0 bridgehead atoms. The molecule has 0 aliphatic rings. The minimum absolute atomic E-state index is 0.107. The normalized spacial score (nSPS) is 11.0. The van der Waals surface area contributed by atoms with E-state index in [9.17, 15) is 18.8 Å². The van der Waals surface area contributed by atoms with Crippen LogP contribution in [-0.2, 0) is 26.4 Å². The van der Waals surface area contributed by atoms with Crippen LogP contribution in [0.2, 0.25) is 0 Å². The molecule has 14 heteroatoms. The molecule has 1 N–H and O–H groups in total. The number of aromatic nitrogens is 6. The number of nitrogens with one attached hydrogen (secondary N) is 1. The van der Waals surface area contributed by atoms with E-state index < -0.39 is 23.3 Å². The Balaban J connectivity index is 1.66. The molecule has 4 aromatic rings. The molecule has 0 saturated heterocycles. The first-order chi connectivity index (χ1) is 15.9. The number of halogens is 1. The van der Waals surface area contributed by atoms with Gasteiger partial charge in [0.2, 0.25) is 5.16 Å². The lowest BCUT2D eigenvalue weighted by Gasteiger charge is -2.05. The number of carbonyl (C=O) groups is 2. The second-order valence-corrected chi connectivity index (χ2v) is 8.43. The molecule has 4 rings (SSSR count). The summed E-state index contributed by atoms with van der Waals surface area (Å²) in [5.41, 5.74) is 0.134. The maximum atomic E-state index is 13.6. The molecular weight excluding hydrogens is 475 g/mol. The van der Waals surface area contributed by atoms with E-state index in [1.54, 1.807) is 6.07 Å². The summed E-state index contributed by atoms with van der Waals surface area (Å²) in [6.45, 7) is 0. The van der Waals surface area contributed by atoms with Crippen molar-refractivity contribution in [2.45, 2.75) is 17.3 Å². The number of H-pyrrole nitrogens is 1. The van der Waals surface area contributed by atoms with Crippen LogP contribution in [0.1, 0.15) is 21.1 Å². The summed E-state index contributed by atoms with van der Waals surface area (Å²) in [6.07, 6.45) is -0.276. The molecule has 0 saturated carbocycles. The van der Waals surface area contributed by atoms with Crippen LogP contribution < -0.4 is 5.56 Å². The quantitative estimate of drug-likeness (QED) is 0.301. The van der Waals surface area contributed by atoms with Crippen LogP contribution in [0.15, 0.2) is 34.2 Å². The zero-order chi connectivity index (χ0) is 23.5. The van der Waals surface area contributed by atoms with Crippen LogP contribution in [-0.4, -0.2) is 56.3 Å². The molecule has 0 atom stereocenters. The summed E-state index contributed by atoms with van der Waals surface area (Å²) in [6, 6.07) is 5.78. The number of nitrogens with zero attached hydrogens (tertiary/aromatic N) is 5. The van der Waals surface area contributed by atoms with Gasteiger partial charge in [-0.15, -0.1) is 16.4 Å². The predicted molar refractivity (Wildman–Crippen MR) is 116 cm³/mol. The third-order valence-corrected chi connectivity index (χ3v) is 6.50. The summed E-state index contributed by atoms with van der Waals surface area (Å²) >= 11 is 2.12. The fourth-order valence-electron chi connectivity index (χ4n) is 2.99. The summed E-state index contributed by atoms with van der Waals surface area (Å²) in [4.78, 5) is 44.3. The molecule has 0 fully saturated rings. The number of methoxy groups -OCH3 is 2. The molecule has 0 aliphatic carbocycles. The Labute approximate surface area is 192 Å². The number of ether oxygens (including phenoxy) is 2. The van der Waals surface area contributed by atoms with Crippen LogP contribution in [0, 0.1) is 5.82 Å². The van der Waals surface area contributed by atoms with E-state index >= 15 is 0 Å². The number of rotatable bonds is 7. The number of hydrogen-bond donors (Lipinski definition) is 1. The molecule has 0 unspecified atom stereocenters. The number of thioether (sulfide) groups is 1. The third-order valence-electron chi connectivity index (χ3n) is 4.46. The standard InChI is InChI=1S/C19H15FN6O5S2/c1-30-13(27)7-11-14-16(28)21-12(22-17(14)33-15(11)18(29)31-2)8-32-19-23-24-25-26(19)10-5-3-4-9(20)6-10/h3-6H,7-8H2,1-2H3,(H,21,22,28). The van der Waals surface area contributed by atoms with Gasteiger partial charge < -0.3 is 14.5 Å². The van der Waals surface area contributed by atoms with Gasteiger partial charge in [0, 0.05) is 5.56 Å². The van der Waals surface area contributed by atoms with Crippen LogP contribution in [0.3, 0.4) is 0 Å². The summed E-state index contributed by atoms with van der Waals surface area (Å²) in [5, 5.41) is 11.9. The number of aromatic amines is 1. The first-order valence-corrected chi connectivity index (χ1v) is 11.1. The second kappa shape index (κ2) is 9.46. The highest BCUT2D eigenvalue weighted by atomic mass is 32.2. The van der Waals surface area contributed by atoms with Gasteiger partial charge >= 0.3 is 11.9 Å². The van der Waals surface area contributed by atoms with Gasteiger partial charge in [-0.25, -0.2) is 14.2 Å². The van der Waals surface area contributed by atoms with E-state index in [2.05, 4.69) is 30.2 Å². The smallest absolute Gasteiger partial charge is 0.348 e. The summed E-state index contributed by atoms with van der Waals surface area (Å²) in [5.74, 6) is -1.24. The van der Waals surface area contributed by atoms with Crippen molar-refractivity contribution in [3.8, 4) is 5.69 Å². The SMILES string of the molecule is COC(=O)Cc1c(C(=O)OC)sc2nc(CSc3nnnn3-c3cccc(F)c3)[nH]c(=O)c12. The van der Waals surface area contributed by atoms with Crippen molar-refractivity contribution < 1.29 is 23.5 Å². The molecule has 0 amide bonds. The molecule has 0 spiro atoms. The maximum Gasteiger partial charge on any atom is 0.348 e. The number of carbonyl (C=O) groups excluding carboxylic acids is 2. The fraction of sp³-hybridized carbons (Fsp3) is 0.211. The number of esters is 2. The Morgan fingerprint density at radius 1 is 1.27 bits per heavy atom. The van der Waals surface area contributed by atoms with Crippen molar-refractivity contribution in [3.63, 3.8) is 0 Å². The summed E-state index contributed by atoms with van der Waals surface area (Å²) in [7, 11) is 2.42. The molecule has 11 nitrogen and oxygen atoms in total.